The summed E-state index contributed by atoms with van der Waals surface area (Å²) in [5.74, 6) is 0.774. The topological polar surface area (TPSA) is 75.3 Å². The lowest BCUT2D eigenvalue weighted by Crippen LogP contribution is -2.42. The lowest BCUT2D eigenvalue weighted by molar-refractivity contribution is -0.127. The van der Waals surface area contributed by atoms with Gasteiger partial charge in [-0.3, -0.25) is 4.79 Å². The Labute approximate surface area is 149 Å². The van der Waals surface area contributed by atoms with Crippen LogP contribution in [0.25, 0.3) is 0 Å². The maximum atomic E-state index is 12.4. The van der Waals surface area contributed by atoms with Gasteiger partial charge in [-0.1, -0.05) is 65.7 Å². The zero-order valence-electron chi connectivity index (χ0n) is 16.1. The molecule has 0 heterocycles. The number of hydrogen-bond donors (Lipinski definition) is 3. The van der Waals surface area contributed by atoms with Crippen molar-refractivity contribution in [3.05, 3.63) is 0 Å². The van der Waals surface area contributed by atoms with E-state index in [-0.39, 0.29) is 23.8 Å². The molecule has 0 saturated heterocycles. The first-order valence-electron chi connectivity index (χ1n) is 10.2. The second-order valence-corrected chi connectivity index (χ2v) is 8.06. The molecule has 1 amide bonds. The van der Waals surface area contributed by atoms with E-state index in [1.54, 1.807) is 0 Å². The van der Waals surface area contributed by atoms with E-state index >= 15 is 0 Å². The van der Waals surface area contributed by atoms with Crippen LogP contribution in [0.2, 0.25) is 0 Å². The summed E-state index contributed by atoms with van der Waals surface area (Å²) in [6.07, 6.45) is 10.6. The molecule has 1 fully saturated rings. The van der Waals surface area contributed by atoms with Crippen LogP contribution in [-0.4, -0.2) is 29.7 Å². The first-order valence-corrected chi connectivity index (χ1v) is 10.2. The number of carbonyl (C=O) groups is 1. The maximum absolute atomic E-state index is 12.4. The molecule has 1 aliphatic carbocycles. The fraction of sp³-hybridized carbons (Fsp3) is 0.950. The van der Waals surface area contributed by atoms with E-state index in [1.807, 2.05) is 13.8 Å². The highest BCUT2D eigenvalue weighted by atomic mass is 16.3. The molecule has 1 aliphatic rings. The van der Waals surface area contributed by atoms with E-state index in [1.165, 1.54) is 38.5 Å². The average Bonchev–Trinajstić information content (AvgIpc) is 2.80. The number of amides is 1. The lowest BCUT2D eigenvalue weighted by atomic mass is 9.84. The van der Waals surface area contributed by atoms with E-state index < -0.39 is 6.10 Å². The zero-order valence-corrected chi connectivity index (χ0v) is 16.1. The summed E-state index contributed by atoms with van der Waals surface area (Å²) < 4.78 is 0. The van der Waals surface area contributed by atoms with Crippen LogP contribution in [0.4, 0.5) is 0 Å². The van der Waals surface area contributed by atoms with Crippen molar-refractivity contribution in [3.8, 4) is 0 Å². The minimum Gasteiger partial charge on any atom is -0.391 e. The van der Waals surface area contributed by atoms with Gasteiger partial charge in [-0.05, 0) is 31.1 Å². The quantitative estimate of drug-likeness (QED) is 0.420. The molecule has 0 aromatic carbocycles. The van der Waals surface area contributed by atoms with Gasteiger partial charge in [-0.15, -0.1) is 0 Å². The van der Waals surface area contributed by atoms with Gasteiger partial charge in [0.1, 0.15) is 0 Å². The highest BCUT2D eigenvalue weighted by molar-refractivity contribution is 5.78. The summed E-state index contributed by atoms with van der Waals surface area (Å²) in [4.78, 5) is 12.4. The van der Waals surface area contributed by atoms with Crippen LogP contribution in [0.3, 0.4) is 0 Å². The number of hydrogen-bond acceptors (Lipinski definition) is 3. The second kappa shape index (κ2) is 11.9. The van der Waals surface area contributed by atoms with Gasteiger partial charge in [0.25, 0.3) is 0 Å². The molecular formula is C20H40N2O2. The second-order valence-electron chi connectivity index (χ2n) is 8.06. The summed E-state index contributed by atoms with van der Waals surface area (Å²) in [5.41, 5.74) is 6.29. The summed E-state index contributed by atoms with van der Waals surface area (Å²) in [5, 5.41) is 13.6. The Morgan fingerprint density at radius 2 is 1.83 bits per heavy atom. The van der Waals surface area contributed by atoms with Crippen LogP contribution in [0.5, 0.6) is 0 Å². The molecule has 1 rings (SSSR count). The first-order chi connectivity index (χ1) is 11.5. The van der Waals surface area contributed by atoms with Crippen LogP contribution in [0.1, 0.15) is 85.0 Å². The smallest absolute Gasteiger partial charge is 0.223 e. The van der Waals surface area contributed by atoms with Crippen molar-refractivity contribution in [1.82, 2.24) is 5.32 Å². The Bertz CT molecular complexity index is 339. The normalized spacial score (nSPS) is 20.4. The van der Waals surface area contributed by atoms with Gasteiger partial charge in [0, 0.05) is 18.5 Å². The molecule has 0 aliphatic heterocycles. The molecule has 142 valence electrons. The van der Waals surface area contributed by atoms with Gasteiger partial charge in [0.2, 0.25) is 5.91 Å². The van der Waals surface area contributed by atoms with Gasteiger partial charge >= 0.3 is 0 Å². The van der Waals surface area contributed by atoms with Gasteiger partial charge < -0.3 is 16.2 Å². The molecular weight excluding hydrogens is 300 g/mol. The van der Waals surface area contributed by atoms with Gasteiger partial charge in [-0.25, -0.2) is 0 Å². The Balaban J connectivity index is 2.47. The number of unbranched alkanes of at least 4 members (excludes halogenated alkanes) is 1. The number of aliphatic hydroxyl groups is 1. The van der Waals surface area contributed by atoms with Crippen molar-refractivity contribution < 1.29 is 9.90 Å². The van der Waals surface area contributed by atoms with E-state index in [9.17, 15) is 9.90 Å². The molecule has 24 heavy (non-hydrogen) atoms. The van der Waals surface area contributed by atoms with Crippen molar-refractivity contribution in [3.63, 3.8) is 0 Å². The fourth-order valence-electron chi connectivity index (χ4n) is 3.78. The zero-order chi connectivity index (χ0) is 17.9. The number of rotatable bonds is 10. The van der Waals surface area contributed by atoms with E-state index in [0.29, 0.717) is 12.3 Å². The van der Waals surface area contributed by atoms with E-state index in [0.717, 1.165) is 25.8 Å². The molecule has 0 radical (unpaired) electrons. The minimum absolute atomic E-state index is 0.0687. The molecule has 4 heteroatoms. The van der Waals surface area contributed by atoms with Crippen LogP contribution < -0.4 is 11.1 Å². The summed E-state index contributed by atoms with van der Waals surface area (Å²) in [6, 6.07) is -0.210. The van der Waals surface area contributed by atoms with Crippen molar-refractivity contribution in [1.29, 1.82) is 0 Å². The number of nitrogens with one attached hydrogen (secondary N) is 1. The highest BCUT2D eigenvalue weighted by Gasteiger charge is 2.28. The predicted molar refractivity (Wildman–Crippen MR) is 101 cm³/mol. The summed E-state index contributed by atoms with van der Waals surface area (Å²) in [6.45, 7) is 6.94. The average molecular weight is 341 g/mol. The van der Waals surface area contributed by atoms with Crippen molar-refractivity contribution in [2.75, 3.05) is 6.54 Å². The standard InChI is InChI=1S/C20H40N2O2/c1-4-5-12-22-20(24)17(15(2)3)14-19(23)18(21)13-16-10-8-6-7-9-11-16/h15-19,23H,4-14,21H2,1-3H3,(H,22,24)/t17-,18-,19-/m0/s1. The van der Waals surface area contributed by atoms with Crippen LogP contribution in [0, 0.1) is 17.8 Å². The molecule has 0 aromatic rings. The molecule has 0 spiro atoms. The Kier molecular flexibility index (Phi) is 10.6. The number of nitrogens with two attached hydrogens (primary N) is 1. The van der Waals surface area contributed by atoms with Gasteiger partial charge in [0.05, 0.1) is 6.10 Å². The number of aliphatic hydroxyl groups excluding tert-OH is 1. The minimum atomic E-state index is -0.586. The molecule has 4 N–H and O–H groups in total. The highest BCUT2D eigenvalue weighted by Crippen LogP contribution is 2.28. The van der Waals surface area contributed by atoms with Gasteiger partial charge in [0.15, 0.2) is 0 Å². The predicted octanol–water partition coefficient (Wildman–Crippen LogP) is 3.61. The van der Waals surface area contributed by atoms with Gasteiger partial charge in [-0.2, -0.15) is 0 Å². The first kappa shape index (κ1) is 21.4. The largest absolute Gasteiger partial charge is 0.391 e. The molecule has 3 atom stereocenters. The molecule has 4 nitrogen and oxygen atoms in total. The Morgan fingerprint density at radius 3 is 2.38 bits per heavy atom. The van der Waals surface area contributed by atoms with Crippen molar-refractivity contribution >= 4 is 5.91 Å². The van der Waals surface area contributed by atoms with Crippen LogP contribution in [0.15, 0.2) is 0 Å². The maximum Gasteiger partial charge on any atom is 0.223 e. The Hall–Kier alpha value is -0.610. The van der Waals surface area contributed by atoms with Crippen molar-refractivity contribution in [2.24, 2.45) is 23.5 Å². The SMILES string of the molecule is CCCCNC(=O)[C@@H](C[C@H](O)[C@@H](N)CC1CCCCCC1)C(C)C. The van der Waals surface area contributed by atoms with Crippen LogP contribution >= 0.6 is 0 Å². The summed E-state index contributed by atoms with van der Waals surface area (Å²) in [7, 11) is 0. The fourth-order valence-corrected chi connectivity index (χ4v) is 3.78. The Morgan fingerprint density at radius 1 is 1.21 bits per heavy atom. The lowest BCUT2D eigenvalue weighted by Gasteiger charge is -2.28. The third-order valence-electron chi connectivity index (χ3n) is 5.54. The monoisotopic (exact) mass is 340 g/mol. The summed E-state index contributed by atoms with van der Waals surface area (Å²) >= 11 is 0. The third kappa shape index (κ3) is 7.98. The van der Waals surface area contributed by atoms with E-state index in [2.05, 4.69) is 12.2 Å². The molecule has 0 aromatic heterocycles. The third-order valence-corrected chi connectivity index (χ3v) is 5.54. The number of carbonyl (C=O) groups excluding carboxylic acids is 1. The van der Waals surface area contributed by atoms with Crippen molar-refractivity contribution in [2.45, 2.75) is 97.1 Å². The molecule has 1 saturated carbocycles. The molecule has 0 bridgehead atoms. The molecule has 0 unspecified atom stereocenters. The van der Waals surface area contributed by atoms with E-state index in [4.69, 9.17) is 5.73 Å². The van der Waals surface area contributed by atoms with Crippen LogP contribution in [-0.2, 0) is 4.79 Å².